The molecule has 0 aromatic carbocycles. The van der Waals surface area contributed by atoms with E-state index in [4.69, 9.17) is 9.15 Å². The van der Waals surface area contributed by atoms with Gasteiger partial charge in [0.2, 0.25) is 11.8 Å². The summed E-state index contributed by atoms with van der Waals surface area (Å²) in [5, 5.41) is 8.15. The molecular weight excluding hydrogens is 258 g/mol. The van der Waals surface area contributed by atoms with Crippen molar-refractivity contribution in [3.8, 4) is 0 Å². The standard InChI is InChI=1S/C14H23N3O3/c1-5-19-12(18)10-7-6-8-17(10)9-11-15-16-13(20-11)14(2,3)4/h10H,5-9H2,1-4H3. The number of carbonyl (C=O) groups excluding carboxylic acids is 1. The number of rotatable bonds is 4. The molecule has 1 aliphatic rings. The zero-order valence-electron chi connectivity index (χ0n) is 12.7. The number of likely N-dealkylation sites (tertiary alicyclic amines) is 1. The molecule has 20 heavy (non-hydrogen) atoms. The van der Waals surface area contributed by atoms with E-state index in [0.29, 0.717) is 24.9 Å². The molecule has 1 aliphatic heterocycles. The van der Waals surface area contributed by atoms with Gasteiger partial charge in [-0.2, -0.15) is 0 Å². The number of carbonyl (C=O) groups is 1. The highest BCUT2D eigenvalue weighted by Crippen LogP contribution is 2.24. The van der Waals surface area contributed by atoms with Crippen LogP contribution in [0.2, 0.25) is 0 Å². The van der Waals surface area contributed by atoms with Crippen molar-refractivity contribution in [1.29, 1.82) is 0 Å². The number of aromatic nitrogens is 2. The van der Waals surface area contributed by atoms with E-state index in [1.807, 2.05) is 27.7 Å². The molecule has 0 radical (unpaired) electrons. The Morgan fingerprint density at radius 1 is 1.45 bits per heavy atom. The Kier molecular flexibility index (Phi) is 4.42. The first-order valence-electron chi connectivity index (χ1n) is 7.15. The summed E-state index contributed by atoms with van der Waals surface area (Å²) in [6.45, 7) is 9.69. The maximum atomic E-state index is 11.9. The first-order chi connectivity index (χ1) is 9.41. The lowest BCUT2D eigenvalue weighted by Crippen LogP contribution is -2.36. The van der Waals surface area contributed by atoms with Crippen molar-refractivity contribution >= 4 is 5.97 Å². The average Bonchev–Trinajstić information content (AvgIpc) is 2.98. The number of nitrogens with zero attached hydrogens (tertiary/aromatic N) is 3. The largest absolute Gasteiger partial charge is 0.465 e. The maximum absolute atomic E-state index is 11.9. The molecule has 1 aromatic rings. The first-order valence-corrected chi connectivity index (χ1v) is 7.15. The molecule has 6 nitrogen and oxygen atoms in total. The predicted octanol–water partition coefficient (Wildman–Crippen LogP) is 1.89. The van der Waals surface area contributed by atoms with Gasteiger partial charge in [0.25, 0.3) is 0 Å². The molecule has 1 fully saturated rings. The van der Waals surface area contributed by atoms with Gasteiger partial charge in [-0.25, -0.2) is 0 Å². The van der Waals surface area contributed by atoms with Crippen LogP contribution in [0.1, 0.15) is 52.3 Å². The Morgan fingerprint density at radius 3 is 2.80 bits per heavy atom. The normalized spacial score (nSPS) is 20.3. The fraction of sp³-hybridized carbons (Fsp3) is 0.786. The van der Waals surface area contributed by atoms with Crippen LogP contribution in [0.5, 0.6) is 0 Å². The lowest BCUT2D eigenvalue weighted by atomic mass is 9.97. The van der Waals surface area contributed by atoms with Gasteiger partial charge < -0.3 is 9.15 Å². The summed E-state index contributed by atoms with van der Waals surface area (Å²) in [7, 11) is 0. The molecule has 1 unspecified atom stereocenters. The predicted molar refractivity (Wildman–Crippen MR) is 73.1 cm³/mol. The van der Waals surface area contributed by atoms with Crippen LogP contribution in [0.25, 0.3) is 0 Å². The van der Waals surface area contributed by atoms with E-state index in [0.717, 1.165) is 19.4 Å². The lowest BCUT2D eigenvalue weighted by molar-refractivity contribution is -0.148. The molecule has 1 atom stereocenters. The summed E-state index contributed by atoms with van der Waals surface area (Å²) in [6.07, 6.45) is 1.82. The summed E-state index contributed by atoms with van der Waals surface area (Å²) in [5.74, 6) is 1.03. The molecule has 0 N–H and O–H groups in total. The third-order valence-electron chi connectivity index (χ3n) is 3.37. The third kappa shape index (κ3) is 3.36. The Bertz CT molecular complexity index is 464. The van der Waals surface area contributed by atoms with Crippen molar-refractivity contribution < 1.29 is 13.9 Å². The molecule has 6 heteroatoms. The van der Waals surface area contributed by atoms with E-state index in [-0.39, 0.29) is 17.4 Å². The van der Waals surface area contributed by atoms with Crippen molar-refractivity contribution in [3.05, 3.63) is 11.8 Å². The molecule has 0 spiro atoms. The lowest BCUT2D eigenvalue weighted by Gasteiger charge is -2.20. The third-order valence-corrected chi connectivity index (χ3v) is 3.37. The van der Waals surface area contributed by atoms with Crippen LogP contribution in [0.15, 0.2) is 4.42 Å². The summed E-state index contributed by atoms with van der Waals surface area (Å²) in [4.78, 5) is 13.9. The Hall–Kier alpha value is -1.43. The van der Waals surface area contributed by atoms with Crippen LogP contribution in [0, 0.1) is 0 Å². The molecule has 112 valence electrons. The molecular formula is C14H23N3O3. The number of ether oxygens (including phenoxy) is 1. The van der Waals surface area contributed by atoms with Gasteiger partial charge >= 0.3 is 5.97 Å². The molecule has 1 saturated heterocycles. The zero-order chi connectivity index (χ0) is 14.8. The van der Waals surface area contributed by atoms with Crippen LogP contribution in [0.4, 0.5) is 0 Å². The van der Waals surface area contributed by atoms with Gasteiger partial charge in [0.05, 0.1) is 13.2 Å². The van der Waals surface area contributed by atoms with Gasteiger partial charge in [-0.15, -0.1) is 10.2 Å². The Morgan fingerprint density at radius 2 is 2.20 bits per heavy atom. The summed E-state index contributed by atoms with van der Waals surface area (Å²) < 4.78 is 10.8. The minimum absolute atomic E-state index is 0.152. The van der Waals surface area contributed by atoms with Gasteiger partial charge in [-0.3, -0.25) is 9.69 Å². The first kappa shape index (κ1) is 15.0. The smallest absolute Gasteiger partial charge is 0.323 e. The van der Waals surface area contributed by atoms with Gasteiger partial charge in [0.1, 0.15) is 6.04 Å². The van der Waals surface area contributed by atoms with E-state index in [1.165, 1.54) is 0 Å². The van der Waals surface area contributed by atoms with E-state index >= 15 is 0 Å². The van der Waals surface area contributed by atoms with Crippen LogP contribution in [0.3, 0.4) is 0 Å². The van der Waals surface area contributed by atoms with Crippen molar-refractivity contribution in [2.75, 3.05) is 13.2 Å². The van der Waals surface area contributed by atoms with Crippen LogP contribution < -0.4 is 0 Å². The van der Waals surface area contributed by atoms with Crippen molar-refractivity contribution in [2.45, 2.75) is 58.5 Å². The van der Waals surface area contributed by atoms with Gasteiger partial charge in [0, 0.05) is 5.41 Å². The fourth-order valence-electron chi connectivity index (χ4n) is 2.32. The maximum Gasteiger partial charge on any atom is 0.323 e. The SMILES string of the molecule is CCOC(=O)C1CCCN1Cc1nnc(C(C)(C)C)o1. The van der Waals surface area contributed by atoms with Crippen LogP contribution in [-0.4, -0.2) is 40.3 Å². The van der Waals surface area contributed by atoms with Gasteiger partial charge in [-0.05, 0) is 26.3 Å². The van der Waals surface area contributed by atoms with Gasteiger partial charge in [-0.1, -0.05) is 20.8 Å². The minimum Gasteiger partial charge on any atom is -0.465 e. The molecule has 0 aliphatic carbocycles. The number of hydrogen-bond donors (Lipinski definition) is 0. The van der Waals surface area contributed by atoms with Crippen molar-refractivity contribution in [1.82, 2.24) is 15.1 Å². The molecule has 0 amide bonds. The van der Waals surface area contributed by atoms with Crippen molar-refractivity contribution in [2.24, 2.45) is 0 Å². The second-order valence-corrected chi connectivity index (χ2v) is 6.13. The van der Waals surface area contributed by atoms with E-state index in [2.05, 4.69) is 15.1 Å². The summed E-state index contributed by atoms with van der Waals surface area (Å²) in [6, 6.07) is -0.181. The molecule has 0 saturated carbocycles. The Labute approximate surface area is 119 Å². The zero-order valence-corrected chi connectivity index (χ0v) is 12.7. The van der Waals surface area contributed by atoms with E-state index in [9.17, 15) is 4.79 Å². The minimum atomic E-state index is -0.181. The topological polar surface area (TPSA) is 68.5 Å². The van der Waals surface area contributed by atoms with E-state index < -0.39 is 0 Å². The highest BCUT2D eigenvalue weighted by molar-refractivity contribution is 5.76. The molecule has 0 bridgehead atoms. The number of hydrogen-bond acceptors (Lipinski definition) is 6. The van der Waals surface area contributed by atoms with Crippen molar-refractivity contribution in [3.63, 3.8) is 0 Å². The summed E-state index contributed by atoms with van der Waals surface area (Å²) >= 11 is 0. The average molecular weight is 281 g/mol. The molecule has 2 rings (SSSR count). The monoisotopic (exact) mass is 281 g/mol. The van der Waals surface area contributed by atoms with Crippen LogP contribution in [-0.2, 0) is 21.5 Å². The molecule has 2 heterocycles. The second-order valence-electron chi connectivity index (χ2n) is 6.13. The summed E-state index contributed by atoms with van der Waals surface area (Å²) in [5.41, 5.74) is -0.156. The number of esters is 1. The fourth-order valence-corrected chi connectivity index (χ4v) is 2.32. The van der Waals surface area contributed by atoms with Crippen LogP contribution >= 0.6 is 0 Å². The highest BCUT2D eigenvalue weighted by Gasteiger charge is 2.33. The Balaban J connectivity index is 2.02. The quantitative estimate of drug-likeness (QED) is 0.785. The highest BCUT2D eigenvalue weighted by atomic mass is 16.5. The van der Waals surface area contributed by atoms with Gasteiger partial charge in [0.15, 0.2) is 0 Å². The van der Waals surface area contributed by atoms with E-state index in [1.54, 1.807) is 0 Å². The molecule has 1 aromatic heterocycles. The second kappa shape index (κ2) is 5.91.